The average molecular weight is 267 g/mol. The number of β-amino-alcohol motifs (C(OH)–C–C–N with tert-alkyl or cyclic N) is 1. The summed E-state index contributed by atoms with van der Waals surface area (Å²) in [5, 5.41) is 31.4. The molecule has 0 aliphatic heterocycles. The molecule has 1 atom stereocenters. The molecule has 0 fully saturated rings. The van der Waals surface area contributed by atoms with Crippen molar-refractivity contribution in [2.24, 2.45) is 0 Å². The van der Waals surface area contributed by atoms with E-state index in [1.165, 1.54) is 5.56 Å². The van der Waals surface area contributed by atoms with Crippen molar-refractivity contribution >= 4 is 0 Å². The van der Waals surface area contributed by atoms with Crippen molar-refractivity contribution in [1.82, 2.24) is 5.32 Å². The molecule has 4 nitrogen and oxygen atoms in total. The SMILES string of the molecule is CC(C)c1ccc(C(O)CNC(C)(CO)CO)cc1. The molecule has 4 heteroatoms. The second kappa shape index (κ2) is 7.01. The van der Waals surface area contributed by atoms with Gasteiger partial charge in [0.2, 0.25) is 0 Å². The first-order valence-corrected chi connectivity index (χ1v) is 6.66. The van der Waals surface area contributed by atoms with Gasteiger partial charge in [0.05, 0.1) is 24.9 Å². The van der Waals surface area contributed by atoms with Crippen LogP contribution in [0.3, 0.4) is 0 Å². The summed E-state index contributed by atoms with van der Waals surface area (Å²) in [5.74, 6) is 0.469. The molecule has 1 aromatic carbocycles. The number of hydrogen-bond donors (Lipinski definition) is 4. The highest BCUT2D eigenvalue weighted by Gasteiger charge is 2.22. The fourth-order valence-electron chi connectivity index (χ4n) is 1.73. The van der Waals surface area contributed by atoms with Gasteiger partial charge in [-0.2, -0.15) is 0 Å². The standard InChI is InChI=1S/C15H25NO3/c1-11(2)12-4-6-13(7-5-12)14(19)8-16-15(3,9-17)10-18/h4-7,11,14,16-19H,8-10H2,1-3H3. The van der Waals surface area contributed by atoms with E-state index in [0.717, 1.165) is 5.56 Å². The van der Waals surface area contributed by atoms with Gasteiger partial charge in [-0.25, -0.2) is 0 Å². The topological polar surface area (TPSA) is 72.7 Å². The molecule has 19 heavy (non-hydrogen) atoms. The lowest BCUT2D eigenvalue weighted by Gasteiger charge is -2.27. The summed E-state index contributed by atoms with van der Waals surface area (Å²) in [4.78, 5) is 0. The Morgan fingerprint density at radius 2 is 1.53 bits per heavy atom. The monoisotopic (exact) mass is 267 g/mol. The second-order valence-corrected chi connectivity index (χ2v) is 5.59. The van der Waals surface area contributed by atoms with Crippen molar-refractivity contribution in [2.45, 2.75) is 38.3 Å². The van der Waals surface area contributed by atoms with Crippen molar-refractivity contribution in [3.8, 4) is 0 Å². The number of hydrogen-bond acceptors (Lipinski definition) is 4. The summed E-state index contributed by atoms with van der Waals surface area (Å²) in [5.41, 5.74) is 1.30. The first-order chi connectivity index (χ1) is 8.91. The zero-order valence-electron chi connectivity index (χ0n) is 11.9. The van der Waals surface area contributed by atoms with Crippen molar-refractivity contribution < 1.29 is 15.3 Å². The first kappa shape index (κ1) is 16.1. The predicted octanol–water partition coefficient (Wildman–Crippen LogP) is 1.18. The average Bonchev–Trinajstić information content (AvgIpc) is 2.44. The van der Waals surface area contributed by atoms with Crippen LogP contribution in [-0.4, -0.2) is 40.6 Å². The van der Waals surface area contributed by atoms with E-state index in [4.69, 9.17) is 10.2 Å². The Morgan fingerprint density at radius 3 is 1.95 bits per heavy atom. The lowest BCUT2D eigenvalue weighted by molar-refractivity contribution is 0.0846. The summed E-state index contributed by atoms with van der Waals surface area (Å²) >= 11 is 0. The highest BCUT2D eigenvalue weighted by atomic mass is 16.3. The molecule has 4 N–H and O–H groups in total. The molecule has 1 aromatic rings. The first-order valence-electron chi connectivity index (χ1n) is 6.66. The van der Waals surface area contributed by atoms with Gasteiger partial charge >= 0.3 is 0 Å². The van der Waals surface area contributed by atoms with Gasteiger partial charge in [-0.3, -0.25) is 0 Å². The van der Waals surface area contributed by atoms with Crippen LogP contribution < -0.4 is 5.32 Å². The van der Waals surface area contributed by atoms with Gasteiger partial charge in [0.15, 0.2) is 0 Å². The van der Waals surface area contributed by atoms with Crippen molar-refractivity contribution in [2.75, 3.05) is 19.8 Å². The van der Waals surface area contributed by atoms with Crippen LogP contribution in [0, 0.1) is 0 Å². The Bertz CT molecular complexity index is 371. The van der Waals surface area contributed by atoms with Gasteiger partial charge in [-0.1, -0.05) is 38.1 Å². The number of rotatable bonds is 7. The van der Waals surface area contributed by atoms with Crippen LogP contribution in [0.25, 0.3) is 0 Å². The highest BCUT2D eigenvalue weighted by molar-refractivity contribution is 5.26. The van der Waals surface area contributed by atoms with Gasteiger partial charge in [0, 0.05) is 6.54 Å². The van der Waals surface area contributed by atoms with E-state index in [1.807, 2.05) is 24.3 Å². The molecular weight excluding hydrogens is 242 g/mol. The van der Waals surface area contributed by atoms with Gasteiger partial charge in [-0.15, -0.1) is 0 Å². The molecule has 108 valence electrons. The maximum atomic E-state index is 10.1. The van der Waals surface area contributed by atoms with E-state index in [9.17, 15) is 5.11 Å². The summed E-state index contributed by atoms with van der Waals surface area (Å²) in [6.07, 6.45) is -0.654. The molecular formula is C15H25NO3. The van der Waals surface area contributed by atoms with Crippen molar-refractivity contribution in [3.63, 3.8) is 0 Å². The number of aliphatic hydroxyl groups is 3. The van der Waals surface area contributed by atoms with Crippen LogP contribution in [-0.2, 0) is 0 Å². The number of benzene rings is 1. The largest absolute Gasteiger partial charge is 0.394 e. The highest BCUT2D eigenvalue weighted by Crippen LogP contribution is 2.18. The molecule has 0 radical (unpaired) electrons. The molecule has 0 amide bonds. The third kappa shape index (κ3) is 4.58. The fourth-order valence-corrected chi connectivity index (χ4v) is 1.73. The lowest BCUT2D eigenvalue weighted by atomic mass is 9.99. The maximum Gasteiger partial charge on any atom is 0.0914 e. The molecule has 0 spiro atoms. The normalized spacial score (nSPS) is 13.8. The maximum absolute atomic E-state index is 10.1. The summed E-state index contributed by atoms with van der Waals surface area (Å²) in [7, 11) is 0. The Balaban J connectivity index is 2.60. The molecule has 0 aliphatic rings. The van der Waals surface area contributed by atoms with Gasteiger partial charge in [0.25, 0.3) is 0 Å². The zero-order chi connectivity index (χ0) is 14.5. The Hall–Kier alpha value is -0.940. The summed E-state index contributed by atoms with van der Waals surface area (Å²) in [6.45, 7) is 5.90. The molecule has 0 saturated carbocycles. The quantitative estimate of drug-likeness (QED) is 0.598. The minimum Gasteiger partial charge on any atom is -0.394 e. The molecule has 0 aliphatic carbocycles. The van der Waals surface area contributed by atoms with Crippen LogP contribution in [0.15, 0.2) is 24.3 Å². The molecule has 0 bridgehead atoms. The van der Waals surface area contributed by atoms with Crippen LogP contribution in [0.4, 0.5) is 0 Å². The van der Waals surface area contributed by atoms with E-state index in [0.29, 0.717) is 12.5 Å². The number of nitrogens with one attached hydrogen (secondary N) is 1. The van der Waals surface area contributed by atoms with Crippen molar-refractivity contribution in [3.05, 3.63) is 35.4 Å². The third-order valence-corrected chi connectivity index (χ3v) is 3.41. The molecule has 1 rings (SSSR count). The van der Waals surface area contributed by atoms with Crippen LogP contribution >= 0.6 is 0 Å². The molecule has 1 unspecified atom stereocenters. The van der Waals surface area contributed by atoms with E-state index < -0.39 is 11.6 Å². The second-order valence-electron chi connectivity index (χ2n) is 5.59. The van der Waals surface area contributed by atoms with Crippen molar-refractivity contribution in [1.29, 1.82) is 0 Å². The number of aliphatic hydroxyl groups excluding tert-OH is 3. The Labute approximate surface area is 115 Å². The fraction of sp³-hybridized carbons (Fsp3) is 0.600. The lowest BCUT2D eigenvalue weighted by Crippen LogP contribution is -2.50. The predicted molar refractivity (Wildman–Crippen MR) is 76.1 cm³/mol. The van der Waals surface area contributed by atoms with E-state index >= 15 is 0 Å². The Kier molecular flexibility index (Phi) is 5.94. The minimum atomic E-state index is -0.765. The smallest absolute Gasteiger partial charge is 0.0914 e. The van der Waals surface area contributed by atoms with Gasteiger partial charge in [0.1, 0.15) is 0 Å². The molecule has 0 aromatic heterocycles. The molecule has 0 heterocycles. The van der Waals surface area contributed by atoms with E-state index in [-0.39, 0.29) is 13.2 Å². The molecule has 0 saturated heterocycles. The van der Waals surface area contributed by atoms with E-state index in [2.05, 4.69) is 19.2 Å². The zero-order valence-corrected chi connectivity index (χ0v) is 11.9. The third-order valence-electron chi connectivity index (χ3n) is 3.41. The van der Waals surface area contributed by atoms with Crippen LogP contribution in [0.1, 0.15) is 43.9 Å². The van der Waals surface area contributed by atoms with Gasteiger partial charge < -0.3 is 20.6 Å². The van der Waals surface area contributed by atoms with E-state index in [1.54, 1.807) is 6.92 Å². The minimum absolute atomic E-state index is 0.178. The summed E-state index contributed by atoms with van der Waals surface area (Å²) in [6, 6.07) is 7.86. The van der Waals surface area contributed by atoms with Gasteiger partial charge in [-0.05, 0) is 24.0 Å². The van der Waals surface area contributed by atoms with Crippen LogP contribution in [0.5, 0.6) is 0 Å². The summed E-state index contributed by atoms with van der Waals surface area (Å²) < 4.78 is 0. The Morgan fingerprint density at radius 1 is 1.05 bits per heavy atom. The van der Waals surface area contributed by atoms with Crippen LogP contribution in [0.2, 0.25) is 0 Å².